The van der Waals surface area contributed by atoms with Gasteiger partial charge in [-0.1, -0.05) is 17.7 Å². The smallest absolute Gasteiger partial charge is 0.309 e. The minimum atomic E-state index is -3.66. The van der Waals surface area contributed by atoms with Crippen molar-refractivity contribution >= 4 is 22.2 Å². The van der Waals surface area contributed by atoms with Gasteiger partial charge in [-0.3, -0.25) is 4.79 Å². The van der Waals surface area contributed by atoms with Crippen LogP contribution in [0.2, 0.25) is 0 Å². The number of benzene rings is 1. The summed E-state index contributed by atoms with van der Waals surface area (Å²) in [6.45, 7) is 3.98. The van der Waals surface area contributed by atoms with E-state index in [1.807, 2.05) is 6.92 Å². The lowest BCUT2D eigenvalue weighted by molar-refractivity contribution is -0.144. The van der Waals surface area contributed by atoms with E-state index in [4.69, 9.17) is 4.74 Å². The van der Waals surface area contributed by atoms with Crippen molar-refractivity contribution in [2.24, 2.45) is 16.9 Å². The Hall–Kier alpha value is -1.89. The zero-order valence-electron chi connectivity index (χ0n) is 11.9. The van der Waals surface area contributed by atoms with Crippen LogP contribution in [-0.2, 0) is 19.6 Å². The van der Waals surface area contributed by atoms with E-state index in [1.165, 1.54) is 18.3 Å². The molecule has 7 heteroatoms. The van der Waals surface area contributed by atoms with E-state index in [0.717, 1.165) is 5.56 Å². The Kier molecular flexibility index (Phi) is 4.62. The van der Waals surface area contributed by atoms with E-state index in [1.54, 1.807) is 19.1 Å². The van der Waals surface area contributed by atoms with Crippen molar-refractivity contribution in [1.82, 2.24) is 4.83 Å². The van der Waals surface area contributed by atoms with E-state index in [9.17, 15) is 13.2 Å². The first-order valence-corrected chi connectivity index (χ1v) is 8.20. The Morgan fingerprint density at radius 1 is 1.43 bits per heavy atom. The standard InChI is InChI=1S/C14H18N2O4S/c1-3-20-14(17)13-8-11(13)9-15-16-21(18,19)12-6-4-10(2)5-7-12/h4-7,9,11,13,16H,3,8H2,1-2H3. The number of hydrazone groups is 1. The molecule has 2 atom stereocenters. The lowest BCUT2D eigenvalue weighted by Crippen LogP contribution is -2.18. The molecule has 0 bridgehead atoms. The van der Waals surface area contributed by atoms with E-state index in [0.29, 0.717) is 13.0 Å². The van der Waals surface area contributed by atoms with Gasteiger partial charge in [-0.25, -0.2) is 4.83 Å². The molecule has 1 saturated carbocycles. The second-order valence-electron chi connectivity index (χ2n) is 4.94. The first-order chi connectivity index (χ1) is 9.94. The van der Waals surface area contributed by atoms with Gasteiger partial charge in [0.2, 0.25) is 0 Å². The largest absolute Gasteiger partial charge is 0.466 e. The summed E-state index contributed by atoms with van der Waals surface area (Å²) in [7, 11) is -3.66. The Balaban J connectivity index is 1.90. The normalized spacial score (nSPS) is 21.2. The first-order valence-electron chi connectivity index (χ1n) is 6.72. The van der Waals surface area contributed by atoms with Gasteiger partial charge in [-0.05, 0) is 32.4 Å². The highest BCUT2D eigenvalue weighted by Crippen LogP contribution is 2.37. The summed E-state index contributed by atoms with van der Waals surface area (Å²) >= 11 is 0. The number of esters is 1. The summed E-state index contributed by atoms with van der Waals surface area (Å²) in [5.74, 6) is -0.502. The van der Waals surface area contributed by atoms with Gasteiger partial charge in [-0.2, -0.15) is 13.5 Å². The minimum Gasteiger partial charge on any atom is -0.466 e. The zero-order chi connectivity index (χ0) is 15.5. The predicted molar refractivity (Wildman–Crippen MR) is 78.2 cm³/mol. The van der Waals surface area contributed by atoms with Crippen molar-refractivity contribution in [3.63, 3.8) is 0 Å². The number of hydrogen-bond acceptors (Lipinski definition) is 5. The van der Waals surface area contributed by atoms with Gasteiger partial charge in [0.05, 0.1) is 17.4 Å². The highest BCUT2D eigenvalue weighted by molar-refractivity contribution is 7.89. The van der Waals surface area contributed by atoms with Crippen LogP contribution in [-0.4, -0.2) is 27.2 Å². The summed E-state index contributed by atoms with van der Waals surface area (Å²) in [6, 6.07) is 6.48. The topological polar surface area (TPSA) is 84.8 Å². The maximum Gasteiger partial charge on any atom is 0.309 e. The second-order valence-corrected chi connectivity index (χ2v) is 6.60. The van der Waals surface area contributed by atoms with Gasteiger partial charge in [0.15, 0.2) is 0 Å². The molecule has 1 aliphatic carbocycles. The fraction of sp³-hybridized carbons (Fsp3) is 0.429. The number of nitrogens with zero attached hydrogens (tertiary/aromatic N) is 1. The SMILES string of the molecule is CCOC(=O)C1CC1C=NNS(=O)(=O)c1ccc(C)cc1. The molecule has 0 amide bonds. The van der Waals surface area contributed by atoms with Crippen LogP contribution in [0.4, 0.5) is 0 Å². The molecular weight excluding hydrogens is 292 g/mol. The van der Waals surface area contributed by atoms with E-state index < -0.39 is 10.0 Å². The van der Waals surface area contributed by atoms with Crippen LogP contribution in [0.1, 0.15) is 18.9 Å². The predicted octanol–water partition coefficient (Wildman–Crippen LogP) is 1.46. The molecule has 1 aromatic carbocycles. The molecule has 114 valence electrons. The van der Waals surface area contributed by atoms with Crippen molar-refractivity contribution in [2.75, 3.05) is 6.61 Å². The summed E-state index contributed by atoms with van der Waals surface area (Å²) in [4.78, 5) is 13.7. The molecule has 0 aromatic heterocycles. The molecule has 0 saturated heterocycles. The number of rotatable bonds is 6. The molecule has 0 spiro atoms. The van der Waals surface area contributed by atoms with Crippen LogP contribution in [0, 0.1) is 18.8 Å². The van der Waals surface area contributed by atoms with Gasteiger partial charge < -0.3 is 4.74 Å². The number of carbonyl (C=O) groups is 1. The molecule has 1 N–H and O–H groups in total. The van der Waals surface area contributed by atoms with E-state index in [2.05, 4.69) is 9.93 Å². The average molecular weight is 310 g/mol. The fourth-order valence-electron chi connectivity index (χ4n) is 1.87. The van der Waals surface area contributed by atoms with Crippen molar-refractivity contribution in [3.05, 3.63) is 29.8 Å². The molecule has 1 aromatic rings. The maximum atomic E-state index is 11.9. The van der Waals surface area contributed by atoms with Gasteiger partial charge in [0.25, 0.3) is 10.0 Å². The van der Waals surface area contributed by atoms with Gasteiger partial charge in [0, 0.05) is 12.1 Å². The number of ether oxygens (including phenoxy) is 1. The molecule has 6 nitrogen and oxygen atoms in total. The Morgan fingerprint density at radius 2 is 2.10 bits per heavy atom. The molecule has 21 heavy (non-hydrogen) atoms. The third-order valence-corrected chi connectivity index (χ3v) is 4.44. The second kappa shape index (κ2) is 6.26. The van der Waals surface area contributed by atoms with E-state index >= 15 is 0 Å². The summed E-state index contributed by atoms with van der Waals surface area (Å²) < 4.78 is 28.8. The first kappa shape index (κ1) is 15.5. The monoisotopic (exact) mass is 310 g/mol. The minimum absolute atomic E-state index is 0.0511. The van der Waals surface area contributed by atoms with Crippen LogP contribution in [0.15, 0.2) is 34.3 Å². The maximum absolute atomic E-state index is 11.9. The number of aryl methyl sites for hydroxylation is 1. The summed E-state index contributed by atoms with van der Waals surface area (Å²) in [6.07, 6.45) is 2.10. The Bertz CT molecular complexity index is 637. The number of nitrogens with one attached hydrogen (secondary N) is 1. The van der Waals surface area contributed by atoms with Gasteiger partial charge in [-0.15, -0.1) is 0 Å². The lowest BCUT2D eigenvalue weighted by Gasteiger charge is -2.03. The van der Waals surface area contributed by atoms with E-state index in [-0.39, 0.29) is 22.7 Å². The van der Waals surface area contributed by atoms with Gasteiger partial charge >= 0.3 is 5.97 Å². The van der Waals surface area contributed by atoms with Crippen LogP contribution in [0.5, 0.6) is 0 Å². The Labute approximate surface area is 124 Å². The molecule has 2 rings (SSSR count). The molecule has 0 heterocycles. The van der Waals surface area contributed by atoms with Crippen molar-refractivity contribution in [2.45, 2.75) is 25.2 Å². The van der Waals surface area contributed by atoms with Crippen LogP contribution >= 0.6 is 0 Å². The van der Waals surface area contributed by atoms with Crippen LogP contribution < -0.4 is 4.83 Å². The molecule has 0 aliphatic heterocycles. The van der Waals surface area contributed by atoms with Gasteiger partial charge in [0.1, 0.15) is 0 Å². The fourth-order valence-corrected chi connectivity index (χ4v) is 2.66. The Morgan fingerprint density at radius 3 is 2.71 bits per heavy atom. The lowest BCUT2D eigenvalue weighted by atomic mass is 10.2. The highest BCUT2D eigenvalue weighted by atomic mass is 32.2. The van der Waals surface area contributed by atoms with Crippen molar-refractivity contribution in [1.29, 1.82) is 0 Å². The summed E-state index contributed by atoms with van der Waals surface area (Å²) in [5.41, 5.74) is 0.979. The van der Waals surface area contributed by atoms with Crippen molar-refractivity contribution in [3.8, 4) is 0 Å². The third kappa shape index (κ3) is 4.04. The van der Waals surface area contributed by atoms with Crippen molar-refractivity contribution < 1.29 is 17.9 Å². The number of hydrogen-bond donors (Lipinski definition) is 1. The number of carbonyl (C=O) groups excluding carboxylic acids is 1. The summed E-state index contributed by atoms with van der Waals surface area (Å²) in [5, 5.41) is 3.73. The van der Waals surface area contributed by atoms with Crippen LogP contribution in [0.25, 0.3) is 0 Å². The van der Waals surface area contributed by atoms with Crippen LogP contribution in [0.3, 0.4) is 0 Å². The number of sulfonamides is 1. The molecule has 2 unspecified atom stereocenters. The molecular formula is C14H18N2O4S. The zero-order valence-corrected chi connectivity index (χ0v) is 12.8. The molecule has 1 aliphatic rings. The highest BCUT2D eigenvalue weighted by Gasteiger charge is 2.43. The third-order valence-electron chi connectivity index (χ3n) is 3.20. The quantitative estimate of drug-likeness (QED) is 0.490. The molecule has 1 fully saturated rings. The molecule has 0 radical (unpaired) electrons. The average Bonchev–Trinajstić information content (AvgIpc) is 3.19.